The molecule has 0 saturated carbocycles. The summed E-state index contributed by atoms with van der Waals surface area (Å²) in [5.74, 6) is -2.52. The Balaban J connectivity index is 1.35. The second kappa shape index (κ2) is 10.5. The van der Waals surface area contributed by atoms with Crippen molar-refractivity contribution in [3.63, 3.8) is 0 Å². The van der Waals surface area contributed by atoms with Crippen LogP contribution in [0.5, 0.6) is 0 Å². The minimum absolute atomic E-state index is 0.106. The smallest absolute Gasteiger partial charge is 0.314 e. The lowest BCUT2D eigenvalue weighted by Crippen LogP contribution is -2.51. The van der Waals surface area contributed by atoms with E-state index in [1.807, 2.05) is 126 Å². The average Bonchev–Trinajstić information content (AvgIpc) is 3.81. The molecule has 4 atom stereocenters. The third kappa shape index (κ3) is 4.00. The van der Waals surface area contributed by atoms with Gasteiger partial charge in [0.25, 0.3) is 0 Å². The molecule has 7 heteroatoms. The normalized spacial score (nSPS) is 22.6. The second-order valence-electron chi connectivity index (χ2n) is 11.5. The van der Waals surface area contributed by atoms with Crippen LogP contribution in [0.4, 0.5) is 11.4 Å². The van der Waals surface area contributed by atoms with Crippen LogP contribution in [-0.2, 0) is 19.7 Å². The topological polar surface area (TPSA) is 88.9 Å². The van der Waals surface area contributed by atoms with E-state index < -0.39 is 41.3 Å². The van der Waals surface area contributed by atoms with Crippen LogP contribution in [0.15, 0.2) is 138 Å². The Labute approximate surface area is 259 Å². The minimum atomic E-state index is -1.47. The molecular formula is C38H28N2O5. The lowest BCUT2D eigenvalue weighted by atomic mass is 9.66. The van der Waals surface area contributed by atoms with Gasteiger partial charge in [0, 0.05) is 11.4 Å². The highest BCUT2D eigenvalue weighted by molar-refractivity contribution is 6.15. The molecule has 0 unspecified atom stereocenters. The maximum Gasteiger partial charge on any atom is 0.314 e. The molecule has 3 aliphatic heterocycles. The van der Waals surface area contributed by atoms with Crippen LogP contribution in [-0.4, -0.2) is 29.7 Å². The SMILES string of the molecule is O=C(c1ccco1)[C@@H]1[C@H](C(=O)OC(c2ccccc2)c2ccccc2)[C@]2(C(=O)Nc3ccccc32)[C@@H]2C=Cc3ccccc3N12. The molecule has 1 fully saturated rings. The van der Waals surface area contributed by atoms with Crippen LogP contribution in [0, 0.1) is 5.92 Å². The van der Waals surface area contributed by atoms with Gasteiger partial charge in [-0.3, -0.25) is 14.4 Å². The van der Waals surface area contributed by atoms with Crippen molar-refractivity contribution < 1.29 is 23.5 Å². The monoisotopic (exact) mass is 592 g/mol. The zero-order valence-electron chi connectivity index (χ0n) is 24.1. The van der Waals surface area contributed by atoms with Gasteiger partial charge in [0.2, 0.25) is 11.7 Å². The van der Waals surface area contributed by atoms with Gasteiger partial charge in [0.15, 0.2) is 11.9 Å². The molecule has 4 aromatic carbocycles. The highest BCUT2D eigenvalue weighted by atomic mass is 16.5. The van der Waals surface area contributed by atoms with E-state index >= 15 is 4.79 Å². The van der Waals surface area contributed by atoms with Crippen LogP contribution < -0.4 is 10.2 Å². The number of esters is 1. The van der Waals surface area contributed by atoms with Gasteiger partial charge >= 0.3 is 5.97 Å². The molecule has 0 radical (unpaired) electrons. The van der Waals surface area contributed by atoms with Crippen molar-refractivity contribution in [2.45, 2.75) is 23.6 Å². The summed E-state index contributed by atoms with van der Waals surface area (Å²) in [6, 6.07) is 35.5. The van der Waals surface area contributed by atoms with Crippen molar-refractivity contribution in [3.05, 3.63) is 162 Å². The van der Waals surface area contributed by atoms with E-state index in [1.54, 1.807) is 12.1 Å². The summed E-state index contributed by atoms with van der Waals surface area (Å²) in [6.07, 6.45) is 4.57. The fourth-order valence-corrected chi connectivity index (χ4v) is 7.42. The standard InChI is InChI=1S/C38H28N2O5/c41-34(30-20-11-23-44-30)33-32(36(42)45-35(25-13-3-1-4-14-25)26-15-5-2-6-16-26)38(27-17-8-9-18-28(27)39-37(38)43)31-22-21-24-12-7-10-19-29(24)40(31)33/h1-23,31-33,35H,(H,39,43)/t31-,32+,33-,38+/m0/s1. The van der Waals surface area contributed by atoms with Crippen LogP contribution in [0.2, 0.25) is 0 Å². The number of benzene rings is 4. The molecule has 7 nitrogen and oxygen atoms in total. The Morgan fingerprint density at radius 2 is 1.47 bits per heavy atom. The van der Waals surface area contributed by atoms with Crippen molar-refractivity contribution in [1.82, 2.24) is 0 Å². The maximum absolute atomic E-state index is 15.0. The fraction of sp³-hybridized carbons (Fsp3) is 0.132. The Hall–Kier alpha value is -5.69. The molecule has 1 N–H and O–H groups in total. The van der Waals surface area contributed by atoms with Crippen molar-refractivity contribution in [2.75, 3.05) is 10.2 Å². The first-order chi connectivity index (χ1) is 22.1. The lowest BCUT2D eigenvalue weighted by Gasteiger charge is -2.37. The first-order valence-electron chi connectivity index (χ1n) is 14.9. The molecule has 220 valence electrons. The largest absolute Gasteiger partial charge is 0.461 e. The van der Waals surface area contributed by atoms with E-state index in [9.17, 15) is 9.59 Å². The molecule has 8 rings (SSSR count). The number of nitrogens with zero attached hydrogens (tertiary/aromatic N) is 1. The number of para-hydroxylation sites is 2. The van der Waals surface area contributed by atoms with Crippen molar-refractivity contribution >= 4 is 35.1 Å². The molecule has 5 aromatic rings. The second-order valence-corrected chi connectivity index (χ2v) is 11.5. The zero-order chi connectivity index (χ0) is 30.5. The summed E-state index contributed by atoms with van der Waals surface area (Å²) in [5, 5.41) is 3.04. The Kier molecular flexibility index (Phi) is 6.27. The number of Topliss-reactive ketones (excluding diaryl/α,β-unsaturated/α-hetero) is 1. The van der Waals surface area contributed by atoms with E-state index in [4.69, 9.17) is 9.15 Å². The Morgan fingerprint density at radius 1 is 0.800 bits per heavy atom. The minimum Gasteiger partial charge on any atom is -0.461 e. The molecule has 1 spiro atoms. The summed E-state index contributed by atoms with van der Waals surface area (Å²) in [6.45, 7) is 0. The number of nitrogens with one attached hydrogen (secondary N) is 1. The van der Waals surface area contributed by atoms with Gasteiger partial charge < -0.3 is 19.4 Å². The summed E-state index contributed by atoms with van der Waals surface area (Å²) in [5.41, 5.74) is 2.98. The van der Waals surface area contributed by atoms with Crippen LogP contribution in [0.1, 0.15) is 38.9 Å². The van der Waals surface area contributed by atoms with Gasteiger partial charge in [-0.25, -0.2) is 0 Å². The van der Waals surface area contributed by atoms with Gasteiger partial charge in [-0.05, 0) is 46.5 Å². The van der Waals surface area contributed by atoms with Crippen LogP contribution >= 0.6 is 0 Å². The average molecular weight is 593 g/mol. The number of fused-ring (bicyclic) bond motifs is 6. The number of hydrogen-bond acceptors (Lipinski definition) is 6. The van der Waals surface area contributed by atoms with Crippen LogP contribution in [0.25, 0.3) is 6.08 Å². The zero-order valence-corrected chi connectivity index (χ0v) is 24.1. The number of carbonyl (C=O) groups excluding carboxylic acids is 3. The first-order valence-corrected chi connectivity index (χ1v) is 14.9. The third-order valence-corrected chi connectivity index (χ3v) is 9.27. The quantitative estimate of drug-likeness (QED) is 0.177. The van der Waals surface area contributed by atoms with Crippen molar-refractivity contribution in [1.29, 1.82) is 0 Å². The number of furan rings is 1. The number of hydrogen-bond donors (Lipinski definition) is 1. The molecule has 45 heavy (non-hydrogen) atoms. The molecule has 4 heterocycles. The van der Waals surface area contributed by atoms with E-state index in [1.165, 1.54) is 6.26 Å². The van der Waals surface area contributed by atoms with Crippen molar-refractivity contribution in [2.24, 2.45) is 5.92 Å². The number of ether oxygens (including phenoxy) is 1. The summed E-state index contributed by atoms with van der Waals surface area (Å²) in [4.78, 5) is 46.0. The third-order valence-electron chi connectivity index (χ3n) is 9.27. The van der Waals surface area contributed by atoms with Gasteiger partial charge in [-0.2, -0.15) is 0 Å². The summed E-state index contributed by atoms with van der Waals surface area (Å²) in [7, 11) is 0. The molecule has 1 saturated heterocycles. The number of anilines is 2. The Bertz CT molecular complexity index is 1910. The molecule has 0 aliphatic carbocycles. The Morgan fingerprint density at radius 3 is 2.18 bits per heavy atom. The van der Waals surface area contributed by atoms with Crippen LogP contribution in [0.3, 0.4) is 0 Å². The van der Waals surface area contributed by atoms with E-state index in [0.29, 0.717) is 11.3 Å². The molecule has 3 aliphatic rings. The maximum atomic E-state index is 15.0. The van der Waals surface area contributed by atoms with Gasteiger partial charge in [-0.15, -0.1) is 0 Å². The summed E-state index contributed by atoms with van der Waals surface area (Å²) >= 11 is 0. The van der Waals surface area contributed by atoms with Crippen molar-refractivity contribution in [3.8, 4) is 0 Å². The molecule has 1 aromatic heterocycles. The lowest BCUT2D eigenvalue weighted by molar-refractivity contribution is -0.156. The number of rotatable bonds is 6. The molecular weight excluding hydrogens is 564 g/mol. The van der Waals surface area contributed by atoms with E-state index in [-0.39, 0.29) is 11.7 Å². The fourth-order valence-electron chi connectivity index (χ4n) is 7.42. The van der Waals surface area contributed by atoms with Gasteiger partial charge in [0.05, 0.1) is 12.3 Å². The number of carbonyl (C=O) groups is 3. The first kappa shape index (κ1) is 26.9. The number of ketones is 1. The predicted molar refractivity (Wildman–Crippen MR) is 170 cm³/mol. The van der Waals surface area contributed by atoms with Gasteiger partial charge in [-0.1, -0.05) is 109 Å². The predicted octanol–water partition coefficient (Wildman–Crippen LogP) is 6.59. The van der Waals surface area contributed by atoms with Gasteiger partial charge in [0.1, 0.15) is 17.4 Å². The molecule has 0 bridgehead atoms. The highest BCUT2D eigenvalue weighted by Gasteiger charge is 2.71. The van der Waals surface area contributed by atoms with E-state index in [2.05, 4.69) is 5.32 Å². The van der Waals surface area contributed by atoms with E-state index in [0.717, 1.165) is 22.4 Å². The highest BCUT2D eigenvalue weighted by Crippen LogP contribution is 2.58. The summed E-state index contributed by atoms with van der Waals surface area (Å²) < 4.78 is 12.1. The molecule has 1 amide bonds. The number of amides is 1.